The summed E-state index contributed by atoms with van der Waals surface area (Å²) >= 11 is 0. The molecule has 2 N–H and O–H groups in total. The van der Waals surface area contributed by atoms with Gasteiger partial charge < -0.3 is 19.5 Å². The summed E-state index contributed by atoms with van der Waals surface area (Å²) in [6.07, 6.45) is 3.32. The van der Waals surface area contributed by atoms with E-state index in [1.54, 1.807) is 85.2 Å². The molecule has 0 saturated heterocycles. The molecule has 0 aliphatic carbocycles. The molecule has 202 valence electrons. The molecule has 0 unspecified atom stereocenters. The molecule has 0 fully saturated rings. The van der Waals surface area contributed by atoms with E-state index in [2.05, 4.69) is 30.6 Å². The Kier molecular flexibility index (Phi) is 6.17. The number of amides is 2. The number of hydrogen-bond acceptors (Lipinski definition) is 8. The lowest BCUT2D eigenvalue weighted by Crippen LogP contribution is -2.14. The zero-order chi connectivity index (χ0) is 28.5. The number of carbonyl (C=O) groups is 2. The maximum atomic E-state index is 12.8. The molecule has 3 aromatic carbocycles. The molecule has 0 atom stereocenters. The van der Waals surface area contributed by atoms with Gasteiger partial charge >= 0.3 is 0 Å². The number of nitrogens with zero attached hydrogens (tertiary/aromatic N) is 4. The third-order valence-electron chi connectivity index (χ3n) is 6.52. The second-order valence-corrected chi connectivity index (χ2v) is 9.33. The van der Waals surface area contributed by atoms with Crippen molar-refractivity contribution in [2.45, 2.75) is 0 Å². The summed E-state index contributed by atoms with van der Waals surface area (Å²) in [6, 6.07) is 27.9. The number of anilines is 2. The van der Waals surface area contributed by atoms with E-state index in [4.69, 9.17) is 8.83 Å². The summed E-state index contributed by atoms with van der Waals surface area (Å²) in [4.78, 5) is 42.7. The molecule has 0 bridgehead atoms. The highest BCUT2D eigenvalue weighted by atomic mass is 16.4. The molecule has 0 radical (unpaired) electrons. The van der Waals surface area contributed by atoms with E-state index in [0.717, 1.165) is 11.1 Å². The minimum absolute atomic E-state index is 0.300. The summed E-state index contributed by atoms with van der Waals surface area (Å²) in [5, 5.41) is 5.72. The smallest absolute Gasteiger partial charge is 0.255 e. The lowest BCUT2D eigenvalue weighted by Gasteiger charge is -2.08. The van der Waals surface area contributed by atoms with Gasteiger partial charge in [0.1, 0.15) is 0 Å². The van der Waals surface area contributed by atoms with Crippen molar-refractivity contribution >= 4 is 45.6 Å². The van der Waals surface area contributed by atoms with E-state index >= 15 is 0 Å². The summed E-state index contributed by atoms with van der Waals surface area (Å²) in [6.45, 7) is 0. The Morgan fingerprint density at radius 3 is 1.31 bits per heavy atom. The lowest BCUT2D eigenvalue weighted by molar-refractivity contribution is 0.101. The minimum Gasteiger partial charge on any atom is -0.434 e. The van der Waals surface area contributed by atoms with Crippen LogP contribution < -0.4 is 10.6 Å². The average molecular weight is 553 g/mol. The fraction of sp³-hybridized carbons (Fsp3) is 0. The molecule has 0 aliphatic heterocycles. The first-order valence-corrected chi connectivity index (χ1v) is 13.0. The second-order valence-electron chi connectivity index (χ2n) is 9.33. The predicted molar refractivity (Wildman–Crippen MR) is 157 cm³/mol. The average Bonchev–Trinajstić information content (AvgIpc) is 3.67. The maximum Gasteiger partial charge on any atom is 0.255 e. The monoisotopic (exact) mass is 552 g/mol. The number of benzene rings is 3. The van der Waals surface area contributed by atoms with Crippen LogP contribution in [0.2, 0.25) is 0 Å². The first-order valence-electron chi connectivity index (χ1n) is 13.0. The normalized spacial score (nSPS) is 11.0. The molecular formula is C32H20N6O4. The Bertz CT molecular complexity index is 1850. The second kappa shape index (κ2) is 10.4. The van der Waals surface area contributed by atoms with Crippen molar-refractivity contribution in [1.82, 2.24) is 19.9 Å². The summed E-state index contributed by atoms with van der Waals surface area (Å²) in [5.74, 6) is 0.302. The van der Waals surface area contributed by atoms with Crippen molar-refractivity contribution in [3.05, 3.63) is 121 Å². The third-order valence-corrected chi connectivity index (χ3v) is 6.52. The van der Waals surface area contributed by atoms with Gasteiger partial charge in [0.25, 0.3) is 11.8 Å². The summed E-state index contributed by atoms with van der Waals surface area (Å²) < 4.78 is 11.5. The summed E-state index contributed by atoms with van der Waals surface area (Å²) in [7, 11) is 0. The highest BCUT2D eigenvalue weighted by Gasteiger charge is 2.13. The molecule has 0 aliphatic rings. The van der Waals surface area contributed by atoms with Gasteiger partial charge in [0.15, 0.2) is 22.5 Å². The molecule has 10 nitrogen and oxygen atoms in total. The highest BCUT2D eigenvalue weighted by Crippen LogP contribution is 2.26. The van der Waals surface area contributed by atoms with E-state index in [1.165, 1.54) is 0 Å². The molecule has 7 rings (SSSR count). The molecule has 42 heavy (non-hydrogen) atoms. The number of hydrogen-bond donors (Lipinski definition) is 2. The fourth-order valence-corrected chi connectivity index (χ4v) is 4.36. The largest absolute Gasteiger partial charge is 0.434 e. The molecule has 0 saturated carbocycles. The molecule has 10 heteroatoms. The molecule has 4 heterocycles. The Labute approximate surface area is 238 Å². The van der Waals surface area contributed by atoms with Crippen molar-refractivity contribution in [3.8, 4) is 22.9 Å². The van der Waals surface area contributed by atoms with Crippen LogP contribution in [0.1, 0.15) is 20.7 Å². The van der Waals surface area contributed by atoms with Crippen molar-refractivity contribution in [1.29, 1.82) is 0 Å². The van der Waals surface area contributed by atoms with Gasteiger partial charge in [0, 0.05) is 46.0 Å². The quantitative estimate of drug-likeness (QED) is 0.236. The van der Waals surface area contributed by atoms with Gasteiger partial charge in [-0.2, -0.15) is 9.97 Å². The Hall–Kier alpha value is -6.16. The zero-order valence-electron chi connectivity index (χ0n) is 21.8. The van der Waals surface area contributed by atoms with Crippen LogP contribution in [0, 0.1) is 0 Å². The van der Waals surface area contributed by atoms with Gasteiger partial charge in [-0.1, -0.05) is 0 Å². The minimum atomic E-state index is -0.300. The van der Waals surface area contributed by atoms with E-state index in [0.29, 0.717) is 56.7 Å². The van der Waals surface area contributed by atoms with E-state index < -0.39 is 0 Å². The number of nitrogens with one attached hydrogen (secondary N) is 2. The SMILES string of the molecule is O=C(Nc1ccc(-c2nc3ncccc3o2)cc1)c1ccc(C(=O)Nc2ccc(-c3nc4ncccc4o3)cc2)cc1. The maximum absolute atomic E-state index is 12.8. The van der Waals surface area contributed by atoms with Gasteiger partial charge in [-0.3, -0.25) is 9.59 Å². The van der Waals surface area contributed by atoms with Crippen LogP contribution >= 0.6 is 0 Å². The first-order chi connectivity index (χ1) is 20.6. The van der Waals surface area contributed by atoms with Crippen LogP contribution in [-0.4, -0.2) is 31.8 Å². The van der Waals surface area contributed by atoms with Crippen molar-refractivity contribution in [2.24, 2.45) is 0 Å². The summed E-state index contributed by atoms with van der Waals surface area (Å²) in [5.41, 5.74) is 5.86. The topological polar surface area (TPSA) is 136 Å². The van der Waals surface area contributed by atoms with Gasteiger partial charge in [0.2, 0.25) is 11.8 Å². The number of aromatic nitrogens is 4. The van der Waals surface area contributed by atoms with Gasteiger partial charge in [-0.05, 0) is 97.1 Å². The predicted octanol–water partition coefficient (Wildman–Crippen LogP) is 6.60. The number of pyridine rings is 2. The number of fused-ring (bicyclic) bond motifs is 2. The fourth-order valence-electron chi connectivity index (χ4n) is 4.36. The van der Waals surface area contributed by atoms with Crippen LogP contribution in [-0.2, 0) is 0 Å². The molecule has 2 amide bonds. The Morgan fingerprint density at radius 1 is 0.524 bits per heavy atom. The van der Waals surface area contributed by atoms with Crippen LogP contribution in [0.4, 0.5) is 11.4 Å². The number of oxazole rings is 2. The Balaban J connectivity index is 0.973. The van der Waals surface area contributed by atoms with Gasteiger partial charge in [-0.15, -0.1) is 0 Å². The first kappa shape index (κ1) is 24.9. The van der Waals surface area contributed by atoms with Gasteiger partial charge in [0.05, 0.1) is 0 Å². The molecule has 7 aromatic rings. The molecule has 4 aromatic heterocycles. The molecule has 0 spiro atoms. The van der Waals surface area contributed by atoms with E-state index in [9.17, 15) is 9.59 Å². The lowest BCUT2D eigenvalue weighted by atomic mass is 10.1. The standard InChI is InChI=1S/C32H20N6O4/c39-29(35-23-13-9-21(10-14-23)31-37-27-25(41-31)3-1-17-33-27)19-5-7-20(8-6-19)30(40)36-24-15-11-22(12-16-24)32-38-28-26(42-32)4-2-18-34-28/h1-18H,(H,35,39)(H,36,40). The zero-order valence-corrected chi connectivity index (χ0v) is 21.8. The van der Waals surface area contributed by atoms with Gasteiger partial charge in [-0.25, -0.2) is 9.97 Å². The number of rotatable bonds is 6. The van der Waals surface area contributed by atoms with Crippen molar-refractivity contribution in [2.75, 3.05) is 10.6 Å². The van der Waals surface area contributed by atoms with Crippen LogP contribution in [0.25, 0.3) is 45.4 Å². The highest BCUT2D eigenvalue weighted by molar-refractivity contribution is 6.07. The van der Waals surface area contributed by atoms with Crippen LogP contribution in [0.3, 0.4) is 0 Å². The molecular weight excluding hydrogens is 532 g/mol. The Morgan fingerprint density at radius 2 is 0.929 bits per heavy atom. The van der Waals surface area contributed by atoms with E-state index in [1.807, 2.05) is 24.3 Å². The van der Waals surface area contributed by atoms with Crippen LogP contribution in [0.15, 0.2) is 118 Å². The van der Waals surface area contributed by atoms with Crippen LogP contribution in [0.5, 0.6) is 0 Å². The van der Waals surface area contributed by atoms with Crippen molar-refractivity contribution in [3.63, 3.8) is 0 Å². The number of carbonyl (C=O) groups excluding carboxylic acids is 2. The van der Waals surface area contributed by atoms with Crippen molar-refractivity contribution < 1.29 is 18.4 Å². The van der Waals surface area contributed by atoms with E-state index in [-0.39, 0.29) is 11.8 Å². The third kappa shape index (κ3) is 4.95.